The molecule has 5 nitrogen and oxygen atoms in total. The molecule has 0 saturated heterocycles. The van der Waals surface area contributed by atoms with Crippen molar-refractivity contribution in [3.8, 4) is 0 Å². The Morgan fingerprint density at radius 3 is 2.36 bits per heavy atom. The first-order chi connectivity index (χ1) is 13.3. The fourth-order valence-electron chi connectivity index (χ4n) is 3.61. The standard InChI is InChI=1S/C23H35N3O2/c1-7-20(26(14-13-16(3)4)21(27)15-17(5)6)22-24-19-12-10-9-11-18(19)23(28)25(22)8-2/h9-12,16-17,20H,7-8,13-15H2,1-6H3. The van der Waals surface area contributed by atoms with Gasteiger partial charge in [0.05, 0.1) is 16.9 Å². The second-order valence-corrected chi connectivity index (χ2v) is 8.33. The molecule has 1 atom stereocenters. The molecule has 0 fully saturated rings. The summed E-state index contributed by atoms with van der Waals surface area (Å²) in [7, 11) is 0. The average molecular weight is 386 g/mol. The van der Waals surface area contributed by atoms with Gasteiger partial charge in [-0.05, 0) is 43.7 Å². The van der Waals surface area contributed by atoms with E-state index in [0.717, 1.165) is 12.8 Å². The Bertz CT molecular complexity index is 855. The van der Waals surface area contributed by atoms with Gasteiger partial charge in [-0.1, -0.05) is 46.8 Å². The smallest absolute Gasteiger partial charge is 0.261 e. The lowest BCUT2D eigenvalue weighted by Gasteiger charge is -2.33. The molecule has 0 aliphatic heterocycles. The Kier molecular flexibility index (Phi) is 7.78. The monoisotopic (exact) mass is 385 g/mol. The fourth-order valence-corrected chi connectivity index (χ4v) is 3.61. The number of amides is 1. The summed E-state index contributed by atoms with van der Waals surface area (Å²) >= 11 is 0. The van der Waals surface area contributed by atoms with Crippen LogP contribution in [0.5, 0.6) is 0 Å². The maximum absolute atomic E-state index is 13.1. The van der Waals surface area contributed by atoms with Crippen LogP contribution < -0.4 is 5.56 Å². The van der Waals surface area contributed by atoms with Crippen LogP contribution in [-0.2, 0) is 11.3 Å². The second-order valence-electron chi connectivity index (χ2n) is 8.33. The summed E-state index contributed by atoms with van der Waals surface area (Å²) in [4.78, 5) is 33.0. The first-order valence-electron chi connectivity index (χ1n) is 10.6. The zero-order valence-electron chi connectivity index (χ0n) is 18.2. The van der Waals surface area contributed by atoms with Gasteiger partial charge in [-0.3, -0.25) is 14.2 Å². The molecular weight excluding hydrogens is 350 g/mol. The minimum absolute atomic E-state index is 0.0262. The number of fused-ring (bicyclic) bond motifs is 1. The summed E-state index contributed by atoms with van der Waals surface area (Å²) < 4.78 is 1.74. The van der Waals surface area contributed by atoms with E-state index in [1.54, 1.807) is 4.57 Å². The van der Waals surface area contributed by atoms with Crippen LogP contribution in [0.1, 0.15) is 72.7 Å². The molecule has 1 amide bonds. The molecule has 0 bridgehead atoms. The van der Waals surface area contributed by atoms with Crippen molar-refractivity contribution in [1.29, 1.82) is 0 Å². The lowest BCUT2D eigenvalue weighted by molar-refractivity contribution is -0.135. The van der Waals surface area contributed by atoms with E-state index in [1.165, 1.54) is 0 Å². The number of carbonyl (C=O) groups excluding carboxylic acids is 1. The number of hydrogen-bond acceptors (Lipinski definition) is 3. The summed E-state index contributed by atoms with van der Waals surface area (Å²) in [5.41, 5.74) is 0.674. The minimum atomic E-state index is -0.192. The number of rotatable bonds is 9. The van der Waals surface area contributed by atoms with Gasteiger partial charge >= 0.3 is 0 Å². The highest BCUT2D eigenvalue weighted by atomic mass is 16.2. The Hall–Kier alpha value is -2.17. The van der Waals surface area contributed by atoms with Crippen molar-refractivity contribution in [3.63, 3.8) is 0 Å². The predicted molar refractivity (Wildman–Crippen MR) is 115 cm³/mol. The van der Waals surface area contributed by atoms with Gasteiger partial charge in [0, 0.05) is 19.5 Å². The van der Waals surface area contributed by atoms with E-state index in [2.05, 4.69) is 34.6 Å². The highest BCUT2D eigenvalue weighted by molar-refractivity contribution is 5.78. The van der Waals surface area contributed by atoms with E-state index in [-0.39, 0.29) is 17.5 Å². The molecule has 5 heteroatoms. The van der Waals surface area contributed by atoms with Crippen LogP contribution >= 0.6 is 0 Å². The van der Waals surface area contributed by atoms with Crippen molar-refractivity contribution in [3.05, 3.63) is 40.4 Å². The van der Waals surface area contributed by atoms with E-state index in [0.29, 0.717) is 48.1 Å². The van der Waals surface area contributed by atoms with Gasteiger partial charge in [-0.25, -0.2) is 4.98 Å². The summed E-state index contributed by atoms with van der Waals surface area (Å²) in [6, 6.07) is 7.27. The number of carbonyl (C=O) groups is 1. The maximum atomic E-state index is 13.1. The molecule has 0 spiro atoms. The van der Waals surface area contributed by atoms with Crippen molar-refractivity contribution >= 4 is 16.8 Å². The fraction of sp³-hybridized carbons (Fsp3) is 0.609. The summed E-state index contributed by atoms with van der Waals surface area (Å²) in [6.45, 7) is 13.7. The van der Waals surface area contributed by atoms with Gasteiger partial charge in [-0.15, -0.1) is 0 Å². The summed E-state index contributed by atoms with van der Waals surface area (Å²) in [5.74, 6) is 1.65. The van der Waals surface area contributed by atoms with E-state index in [4.69, 9.17) is 4.98 Å². The summed E-state index contributed by atoms with van der Waals surface area (Å²) in [6.07, 6.45) is 2.18. The van der Waals surface area contributed by atoms with E-state index >= 15 is 0 Å². The molecule has 1 aromatic heterocycles. The lowest BCUT2D eigenvalue weighted by Crippen LogP contribution is -2.40. The molecule has 1 aromatic carbocycles. The van der Waals surface area contributed by atoms with Crippen molar-refractivity contribution < 1.29 is 4.79 Å². The molecule has 2 rings (SSSR count). The van der Waals surface area contributed by atoms with Crippen molar-refractivity contribution in [2.75, 3.05) is 6.54 Å². The molecule has 28 heavy (non-hydrogen) atoms. The Morgan fingerprint density at radius 1 is 1.11 bits per heavy atom. The van der Waals surface area contributed by atoms with Crippen LogP contribution in [0.15, 0.2) is 29.1 Å². The molecule has 0 aliphatic carbocycles. The molecule has 1 unspecified atom stereocenters. The molecule has 2 aromatic rings. The normalized spacial score (nSPS) is 12.7. The highest BCUT2D eigenvalue weighted by Gasteiger charge is 2.28. The predicted octanol–water partition coefficient (Wildman–Crippen LogP) is 4.79. The van der Waals surface area contributed by atoms with Crippen molar-refractivity contribution in [2.24, 2.45) is 11.8 Å². The highest BCUT2D eigenvalue weighted by Crippen LogP contribution is 2.26. The van der Waals surface area contributed by atoms with Crippen LogP contribution in [0.4, 0.5) is 0 Å². The third-order valence-electron chi connectivity index (χ3n) is 5.12. The molecule has 0 radical (unpaired) electrons. The van der Waals surface area contributed by atoms with Crippen LogP contribution in [0.25, 0.3) is 10.9 Å². The van der Waals surface area contributed by atoms with Crippen molar-refractivity contribution in [2.45, 2.75) is 73.4 Å². The molecule has 0 N–H and O–H groups in total. The van der Waals surface area contributed by atoms with Gasteiger partial charge < -0.3 is 4.90 Å². The lowest BCUT2D eigenvalue weighted by atomic mass is 10.0. The SMILES string of the molecule is CCC(c1nc2ccccc2c(=O)n1CC)N(CCC(C)C)C(=O)CC(C)C. The maximum Gasteiger partial charge on any atom is 0.261 e. The average Bonchev–Trinajstić information content (AvgIpc) is 2.64. The van der Waals surface area contributed by atoms with Gasteiger partial charge in [0.1, 0.15) is 5.82 Å². The van der Waals surface area contributed by atoms with Gasteiger partial charge in [0.2, 0.25) is 5.91 Å². The van der Waals surface area contributed by atoms with Gasteiger partial charge in [0.15, 0.2) is 0 Å². The minimum Gasteiger partial charge on any atom is -0.333 e. The van der Waals surface area contributed by atoms with Crippen LogP contribution in [0, 0.1) is 11.8 Å². The number of para-hydroxylation sites is 1. The molecule has 154 valence electrons. The number of hydrogen-bond donors (Lipinski definition) is 0. The molecule has 0 aliphatic rings. The number of nitrogens with zero attached hydrogens (tertiary/aromatic N) is 3. The molecule has 0 saturated carbocycles. The van der Waals surface area contributed by atoms with Crippen LogP contribution in [0.2, 0.25) is 0 Å². The van der Waals surface area contributed by atoms with E-state index < -0.39 is 0 Å². The quantitative estimate of drug-likeness (QED) is 0.624. The Labute approximate surface area is 168 Å². The zero-order chi connectivity index (χ0) is 20.8. The van der Waals surface area contributed by atoms with Crippen LogP contribution in [0.3, 0.4) is 0 Å². The van der Waals surface area contributed by atoms with E-state index in [1.807, 2.05) is 36.1 Å². The first kappa shape index (κ1) is 22.1. The number of benzene rings is 1. The number of aromatic nitrogens is 2. The van der Waals surface area contributed by atoms with Gasteiger partial charge in [-0.2, -0.15) is 0 Å². The topological polar surface area (TPSA) is 55.2 Å². The van der Waals surface area contributed by atoms with E-state index in [9.17, 15) is 9.59 Å². The second kappa shape index (κ2) is 9.85. The first-order valence-corrected chi connectivity index (χ1v) is 10.6. The zero-order valence-corrected chi connectivity index (χ0v) is 18.2. The Morgan fingerprint density at radius 2 is 1.79 bits per heavy atom. The van der Waals surface area contributed by atoms with Crippen LogP contribution in [-0.4, -0.2) is 26.9 Å². The van der Waals surface area contributed by atoms with Crippen molar-refractivity contribution in [1.82, 2.24) is 14.5 Å². The summed E-state index contributed by atoms with van der Waals surface area (Å²) in [5, 5.41) is 0.630. The molecular formula is C23H35N3O2. The third-order valence-corrected chi connectivity index (χ3v) is 5.12. The van der Waals surface area contributed by atoms with Gasteiger partial charge in [0.25, 0.3) is 5.56 Å². The molecule has 1 heterocycles. The third kappa shape index (κ3) is 5.00. The largest absolute Gasteiger partial charge is 0.333 e. The Balaban J connectivity index is 2.57.